The molecule has 2 atom stereocenters. The van der Waals surface area contributed by atoms with Gasteiger partial charge in [-0.1, -0.05) is 57.5 Å². The Hall–Kier alpha value is -2.04. The third-order valence-electron chi connectivity index (χ3n) is 4.18. The maximum Gasteiger partial charge on any atom is 0.407 e. The predicted molar refractivity (Wildman–Crippen MR) is 89.1 cm³/mol. The maximum absolute atomic E-state index is 12.1. The third-order valence-corrected chi connectivity index (χ3v) is 4.18. The molecule has 0 fully saturated rings. The highest BCUT2D eigenvalue weighted by molar-refractivity contribution is 5.72. The maximum atomic E-state index is 12.1. The minimum absolute atomic E-state index is 0.103. The van der Waals surface area contributed by atoms with Crippen LogP contribution in [0, 0.1) is 5.92 Å². The second kappa shape index (κ2) is 9.18. The summed E-state index contributed by atoms with van der Waals surface area (Å²) >= 11 is 0. The fourth-order valence-electron chi connectivity index (χ4n) is 2.60. The second-order valence-electron chi connectivity index (χ2n) is 6.11. The Bertz CT molecular complexity index is 503. The van der Waals surface area contributed by atoms with Gasteiger partial charge in [0.15, 0.2) is 0 Å². The lowest BCUT2D eigenvalue weighted by molar-refractivity contribution is -0.138. The molecule has 0 saturated carbocycles. The van der Waals surface area contributed by atoms with Crippen molar-refractivity contribution in [2.24, 2.45) is 5.92 Å². The van der Waals surface area contributed by atoms with Crippen LogP contribution in [0.2, 0.25) is 0 Å². The summed E-state index contributed by atoms with van der Waals surface area (Å²) in [6, 6.07) is 9.39. The molecule has 0 bridgehead atoms. The van der Waals surface area contributed by atoms with Crippen LogP contribution in [0.5, 0.6) is 0 Å². The molecule has 0 aliphatic rings. The molecule has 0 saturated heterocycles. The lowest BCUT2D eigenvalue weighted by atomic mass is 9.82. The molecule has 0 aliphatic carbocycles. The number of hydrogen-bond donors (Lipinski definition) is 2. The SMILES string of the molecule is CCC(C)CC(CC)(CC(=O)O)NC(=O)OCc1ccccc1. The van der Waals surface area contributed by atoms with Gasteiger partial charge in [0.1, 0.15) is 6.61 Å². The average molecular weight is 321 g/mol. The summed E-state index contributed by atoms with van der Waals surface area (Å²) in [5.41, 5.74) is 0.125. The molecule has 1 aromatic rings. The normalized spacial score (nSPS) is 14.6. The van der Waals surface area contributed by atoms with Gasteiger partial charge in [-0.05, 0) is 24.3 Å². The number of carboxylic acids is 1. The van der Waals surface area contributed by atoms with Gasteiger partial charge in [0.2, 0.25) is 0 Å². The molecule has 23 heavy (non-hydrogen) atoms. The number of benzene rings is 1. The van der Waals surface area contributed by atoms with Crippen molar-refractivity contribution in [1.29, 1.82) is 0 Å². The summed E-state index contributed by atoms with van der Waals surface area (Å²) in [7, 11) is 0. The number of carbonyl (C=O) groups excluding carboxylic acids is 1. The Balaban J connectivity index is 2.70. The Kier molecular flexibility index (Phi) is 7.59. The number of nitrogens with one attached hydrogen (secondary N) is 1. The molecule has 5 heteroatoms. The number of aliphatic carboxylic acids is 1. The van der Waals surface area contributed by atoms with Gasteiger partial charge >= 0.3 is 12.1 Å². The topological polar surface area (TPSA) is 75.6 Å². The molecule has 1 aromatic carbocycles. The Morgan fingerprint density at radius 1 is 1.26 bits per heavy atom. The number of rotatable bonds is 9. The summed E-state index contributed by atoms with van der Waals surface area (Å²) in [5, 5.41) is 12.0. The molecule has 1 rings (SSSR count). The number of ether oxygens (including phenoxy) is 1. The zero-order valence-corrected chi connectivity index (χ0v) is 14.2. The summed E-state index contributed by atoms with van der Waals surface area (Å²) < 4.78 is 5.24. The Labute approximate surface area is 138 Å². The van der Waals surface area contributed by atoms with Gasteiger partial charge < -0.3 is 15.2 Å². The first-order chi connectivity index (χ1) is 10.9. The van der Waals surface area contributed by atoms with Crippen molar-refractivity contribution in [3.05, 3.63) is 35.9 Å². The standard InChI is InChI=1S/C18H27NO4/c1-4-14(3)11-18(5-2,12-16(20)21)19-17(22)23-13-15-9-7-6-8-10-15/h6-10,14H,4-5,11-13H2,1-3H3,(H,19,22)(H,20,21). The lowest BCUT2D eigenvalue weighted by Crippen LogP contribution is -2.50. The minimum Gasteiger partial charge on any atom is -0.481 e. The van der Waals surface area contributed by atoms with Crippen LogP contribution in [0.15, 0.2) is 30.3 Å². The van der Waals surface area contributed by atoms with Crippen molar-refractivity contribution in [3.8, 4) is 0 Å². The van der Waals surface area contributed by atoms with E-state index in [4.69, 9.17) is 4.74 Å². The molecule has 0 radical (unpaired) electrons. The van der Waals surface area contributed by atoms with Gasteiger partial charge in [-0.2, -0.15) is 0 Å². The van der Waals surface area contributed by atoms with Gasteiger partial charge in [0.25, 0.3) is 0 Å². The fourth-order valence-corrected chi connectivity index (χ4v) is 2.60. The van der Waals surface area contributed by atoms with Crippen molar-refractivity contribution in [3.63, 3.8) is 0 Å². The minimum atomic E-state index is -0.918. The Morgan fingerprint density at radius 3 is 2.43 bits per heavy atom. The number of amides is 1. The quantitative estimate of drug-likeness (QED) is 0.721. The van der Waals surface area contributed by atoms with Crippen LogP contribution in [0.25, 0.3) is 0 Å². The van der Waals surface area contributed by atoms with Crippen LogP contribution in [-0.2, 0) is 16.1 Å². The van der Waals surface area contributed by atoms with Gasteiger partial charge in [-0.3, -0.25) is 4.79 Å². The first-order valence-corrected chi connectivity index (χ1v) is 8.11. The van der Waals surface area contributed by atoms with Crippen molar-refractivity contribution in [2.45, 2.75) is 58.6 Å². The first-order valence-electron chi connectivity index (χ1n) is 8.11. The predicted octanol–water partition coefficient (Wildman–Crippen LogP) is 3.97. The van der Waals surface area contributed by atoms with E-state index in [0.29, 0.717) is 18.8 Å². The van der Waals surface area contributed by atoms with Crippen molar-refractivity contribution >= 4 is 12.1 Å². The number of carboxylic acid groups (broad SMARTS) is 1. The van der Waals surface area contributed by atoms with Gasteiger partial charge in [0, 0.05) is 0 Å². The van der Waals surface area contributed by atoms with Crippen LogP contribution < -0.4 is 5.32 Å². The zero-order valence-electron chi connectivity index (χ0n) is 14.2. The fraction of sp³-hybridized carbons (Fsp3) is 0.556. The van der Waals surface area contributed by atoms with E-state index in [9.17, 15) is 14.7 Å². The zero-order chi connectivity index (χ0) is 17.3. The van der Waals surface area contributed by atoms with E-state index in [0.717, 1.165) is 12.0 Å². The summed E-state index contributed by atoms with van der Waals surface area (Å²) in [6.45, 7) is 6.18. The van der Waals surface area contributed by atoms with Crippen LogP contribution in [0.4, 0.5) is 4.79 Å². The first kappa shape index (κ1) is 19.0. The number of hydrogen-bond acceptors (Lipinski definition) is 3. The number of alkyl carbamates (subject to hydrolysis) is 1. The van der Waals surface area contributed by atoms with Crippen molar-refractivity contribution < 1.29 is 19.4 Å². The van der Waals surface area contributed by atoms with Crippen LogP contribution in [-0.4, -0.2) is 22.7 Å². The van der Waals surface area contributed by atoms with E-state index >= 15 is 0 Å². The van der Waals surface area contributed by atoms with Crippen LogP contribution in [0.3, 0.4) is 0 Å². The summed E-state index contributed by atoms with van der Waals surface area (Å²) in [6.07, 6.45) is 1.42. The van der Waals surface area contributed by atoms with Gasteiger partial charge in [0.05, 0.1) is 12.0 Å². The van der Waals surface area contributed by atoms with Gasteiger partial charge in [-0.15, -0.1) is 0 Å². The monoisotopic (exact) mass is 321 g/mol. The molecule has 2 N–H and O–H groups in total. The van der Waals surface area contributed by atoms with Crippen LogP contribution in [0.1, 0.15) is 52.0 Å². The molecule has 128 valence electrons. The summed E-state index contributed by atoms with van der Waals surface area (Å²) in [5.74, 6) is -0.595. The lowest BCUT2D eigenvalue weighted by Gasteiger charge is -2.34. The smallest absolute Gasteiger partial charge is 0.407 e. The molecule has 5 nitrogen and oxygen atoms in total. The van der Waals surface area contributed by atoms with Crippen LogP contribution >= 0.6 is 0 Å². The summed E-state index contributed by atoms with van der Waals surface area (Å²) in [4.78, 5) is 23.3. The van der Waals surface area contributed by atoms with Crippen molar-refractivity contribution in [2.75, 3.05) is 0 Å². The van der Waals surface area contributed by atoms with Gasteiger partial charge in [-0.25, -0.2) is 4.79 Å². The van der Waals surface area contributed by atoms with E-state index in [-0.39, 0.29) is 13.0 Å². The molecule has 1 amide bonds. The highest BCUT2D eigenvalue weighted by atomic mass is 16.5. The molecule has 0 heterocycles. The molecule has 2 unspecified atom stereocenters. The highest BCUT2D eigenvalue weighted by Gasteiger charge is 2.34. The molecular formula is C18H27NO4. The Morgan fingerprint density at radius 2 is 1.91 bits per heavy atom. The molecule has 0 aromatic heterocycles. The average Bonchev–Trinajstić information content (AvgIpc) is 2.53. The molecular weight excluding hydrogens is 294 g/mol. The van der Waals surface area contributed by atoms with E-state index in [2.05, 4.69) is 19.2 Å². The second-order valence-corrected chi connectivity index (χ2v) is 6.11. The van der Waals surface area contributed by atoms with E-state index in [1.165, 1.54) is 0 Å². The third kappa shape index (κ3) is 6.72. The largest absolute Gasteiger partial charge is 0.481 e. The van der Waals surface area contributed by atoms with E-state index < -0.39 is 17.6 Å². The van der Waals surface area contributed by atoms with Crippen molar-refractivity contribution in [1.82, 2.24) is 5.32 Å². The molecule has 0 aliphatic heterocycles. The molecule has 0 spiro atoms. The number of carbonyl (C=O) groups is 2. The van der Waals surface area contributed by atoms with E-state index in [1.54, 1.807) is 0 Å². The highest BCUT2D eigenvalue weighted by Crippen LogP contribution is 2.26. The van der Waals surface area contributed by atoms with E-state index in [1.807, 2.05) is 37.3 Å².